The predicted molar refractivity (Wildman–Crippen MR) is 342 cm³/mol. The van der Waals surface area contributed by atoms with E-state index >= 15 is 0 Å². The second-order valence-electron chi connectivity index (χ2n) is 28.7. The number of nitrogens with zero attached hydrogens (tertiary/aromatic N) is 4. The molecular weight excluding hydrogens is 1150 g/mol. The number of hydrogen-bond acceptors (Lipinski definition) is 14. The van der Waals surface area contributed by atoms with Crippen molar-refractivity contribution >= 4 is 68.8 Å². The van der Waals surface area contributed by atoms with Crippen LogP contribution in [0.3, 0.4) is 0 Å². The molecular formula is C70H107N5O13S. The Bertz CT molecular complexity index is 2770. The van der Waals surface area contributed by atoms with Crippen molar-refractivity contribution in [2.45, 2.75) is 239 Å². The third kappa shape index (κ3) is 19.8. The summed E-state index contributed by atoms with van der Waals surface area (Å²) in [7, 11) is -2.36. The summed E-state index contributed by atoms with van der Waals surface area (Å²) in [5.41, 5.74) is 5.75. The van der Waals surface area contributed by atoms with Crippen LogP contribution in [0, 0.1) is 63.6 Å². The number of fused-ring (bicyclic) bond motifs is 6. The summed E-state index contributed by atoms with van der Waals surface area (Å²) in [6, 6.07) is 2.95. The van der Waals surface area contributed by atoms with E-state index in [1.807, 2.05) is 20.8 Å². The number of amides is 2. The molecule has 89 heavy (non-hydrogen) atoms. The molecule has 2 saturated carbocycles. The van der Waals surface area contributed by atoms with Gasteiger partial charge in [-0.3, -0.25) is 47.9 Å². The standard InChI is InChI=1S/C42H63N3O7S.C27H42N2O4.CH2O2/c1-8-9-21-34(47)39(49)29-19-15-13-11-10-12-14-16-20-30(40(50)45-28-33-37(42(33,5)6)38(45)35(48)25-29)24-32(46)26-31(41(2,3)4)27-44(7)53(51,52)36-22-17-18-23-43-36;1-4-5-15-21(30)25(32)18-13-11-9-7-6-8-10-12-14-20(28)26(33)29-17-19-23(27(19,2)3)24(29)22(31)16-18;2-1-3/h8,17-18,22-23,29-31,33,37-38H,1,9-16,19-21,24-28H2,2-7H3;4,18-20,23-24H,1,5-17,28H2,2-3H3;1H,(H,2,3)/t29-,30-,31-,33+,37+,38-;18-,19+,20+,23+,24-;/m11./s1. The average Bonchev–Trinajstić information content (AvgIpc) is 1.54. The van der Waals surface area contributed by atoms with Crippen molar-refractivity contribution in [3.8, 4) is 0 Å². The SMILES string of the molecule is C=CCCC(=O)C(=O)[C@@H]1CCCCCCCCC[C@H](CC(=O)C[C@H](CN(C)S(=O)(=O)c2ccccn2)C(C)(C)C)C(=O)N2C[C@H]3[C@@H]([C@H]2C(=O)C1)C3(C)C.C=CCCC(=O)C(=O)[C@@H]1CCCCCCCCC[C@H](N)C(=O)N2C[C@H]3[C@@H]([C@H]2C(=O)C1)C3(C)C.O=CO. The average molecular weight is 1260 g/mol. The molecule has 496 valence electrons. The van der Waals surface area contributed by atoms with Gasteiger partial charge in [0.2, 0.25) is 23.4 Å². The monoisotopic (exact) mass is 1260 g/mol. The minimum absolute atomic E-state index is 0.0152. The van der Waals surface area contributed by atoms with E-state index in [-0.39, 0.29) is 120 Å². The van der Waals surface area contributed by atoms with E-state index in [0.29, 0.717) is 57.5 Å². The van der Waals surface area contributed by atoms with E-state index in [1.54, 1.807) is 34.1 Å². The number of sulfonamides is 1. The van der Waals surface area contributed by atoms with Crippen LogP contribution < -0.4 is 5.73 Å². The van der Waals surface area contributed by atoms with Gasteiger partial charge in [-0.2, -0.15) is 4.31 Å². The van der Waals surface area contributed by atoms with Crippen molar-refractivity contribution in [1.29, 1.82) is 0 Å². The summed E-state index contributed by atoms with van der Waals surface area (Å²) in [6.07, 6.45) is 21.7. The molecule has 0 spiro atoms. The molecule has 6 aliphatic rings. The minimum atomic E-state index is -3.87. The molecule has 3 N–H and O–H groups in total. The third-order valence-corrected chi connectivity index (χ3v) is 22.5. The predicted octanol–water partition coefficient (Wildman–Crippen LogP) is 10.7. The Morgan fingerprint density at radius 3 is 1.53 bits per heavy atom. The van der Waals surface area contributed by atoms with Gasteiger partial charge in [0.05, 0.1) is 18.1 Å². The van der Waals surface area contributed by atoms with E-state index in [9.17, 15) is 51.6 Å². The lowest BCUT2D eigenvalue weighted by Gasteiger charge is -2.35. The summed E-state index contributed by atoms with van der Waals surface area (Å²) in [4.78, 5) is 137. The first-order chi connectivity index (χ1) is 42.0. The van der Waals surface area contributed by atoms with Crippen LogP contribution in [0.2, 0.25) is 0 Å². The molecule has 2 aliphatic carbocycles. The quantitative estimate of drug-likeness (QED) is 0.0785. The number of pyridine rings is 1. The second-order valence-corrected chi connectivity index (χ2v) is 30.7. The van der Waals surface area contributed by atoms with Gasteiger partial charge in [-0.25, -0.2) is 13.4 Å². The summed E-state index contributed by atoms with van der Waals surface area (Å²) >= 11 is 0. The fourth-order valence-corrected chi connectivity index (χ4v) is 16.0. The zero-order chi connectivity index (χ0) is 66.0. The zero-order valence-corrected chi connectivity index (χ0v) is 55.7. The Kier molecular flexibility index (Phi) is 28.2. The number of hydrogen-bond donors (Lipinski definition) is 2. The number of carboxylic acid groups (broad SMARTS) is 1. The molecule has 7 rings (SSSR count). The van der Waals surface area contributed by atoms with Gasteiger partial charge < -0.3 is 20.6 Å². The molecule has 0 bridgehead atoms. The first kappa shape index (κ1) is 74.3. The Balaban J connectivity index is 0.000000342. The van der Waals surface area contributed by atoms with Crippen LogP contribution in [0.25, 0.3) is 0 Å². The Morgan fingerprint density at radius 1 is 0.697 bits per heavy atom. The van der Waals surface area contributed by atoms with Crippen molar-refractivity contribution in [3.63, 3.8) is 0 Å². The summed E-state index contributed by atoms with van der Waals surface area (Å²) in [5, 5.41) is 6.84. The fraction of sp³-hybridized carbons (Fsp3) is 0.729. The summed E-state index contributed by atoms with van der Waals surface area (Å²) in [6.45, 7) is 22.7. The lowest BCUT2D eigenvalue weighted by Crippen LogP contribution is -2.52. The van der Waals surface area contributed by atoms with Gasteiger partial charge in [0, 0.05) is 89.2 Å². The molecule has 18 nitrogen and oxygen atoms in total. The van der Waals surface area contributed by atoms with Gasteiger partial charge in [-0.15, -0.1) is 13.2 Å². The smallest absolute Gasteiger partial charge is 0.290 e. The molecule has 6 fully saturated rings. The highest BCUT2D eigenvalue weighted by Gasteiger charge is 2.70. The topological polar surface area (TPSA) is 274 Å². The maximum absolute atomic E-state index is 14.6. The molecule has 11 atom stereocenters. The van der Waals surface area contributed by atoms with Crippen LogP contribution >= 0.6 is 0 Å². The van der Waals surface area contributed by atoms with Gasteiger partial charge >= 0.3 is 0 Å². The maximum Gasteiger partial charge on any atom is 0.290 e. The number of Topliss-reactive ketones (excluding diaryl/α,β-unsaturated/α-hetero) is 7. The number of carbonyl (C=O) groups is 10. The van der Waals surface area contributed by atoms with Gasteiger partial charge in [0.1, 0.15) is 5.78 Å². The highest BCUT2D eigenvalue weighted by Crippen LogP contribution is 2.66. The number of aromatic nitrogens is 1. The van der Waals surface area contributed by atoms with Crippen LogP contribution in [0.5, 0.6) is 0 Å². The third-order valence-electron chi connectivity index (χ3n) is 20.8. The molecule has 0 unspecified atom stereocenters. The lowest BCUT2D eigenvalue weighted by molar-refractivity contribution is -0.145. The number of carbonyl (C=O) groups excluding carboxylic acids is 9. The van der Waals surface area contributed by atoms with Crippen LogP contribution in [-0.4, -0.2) is 136 Å². The number of allylic oxidation sites excluding steroid dienone is 2. The molecule has 19 heteroatoms. The summed E-state index contributed by atoms with van der Waals surface area (Å²) < 4.78 is 27.9. The van der Waals surface area contributed by atoms with Crippen molar-refractivity contribution < 1.29 is 61.5 Å². The first-order valence-corrected chi connectivity index (χ1v) is 34.7. The van der Waals surface area contributed by atoms with Crippen molar-refractivity contribution in [2.75, 3.05) is 26.7 Å². The van der Waals surface area contributed by atoms with Crippen LogP contribution in [0.15, 0.2) is 54.7 Å². The number of rotatable bonds is 18. The number of nitrogens with two attached hydrogens (primary N) is 1. The largest absolute Gasteiger partial charge is 0.483 e. The number of ketones is 7. The van der Waals surface area contributed by atoms with Crippen molar-refractivity contribution in [1.82, 2.24) is 19.1 Å². The minimum Gasteiger partial charge on any atom is -0.483 e. The highest BCUT2D eigenvalue weighted by molar-refractivity contribution is 7.89. The van der Waals surface area contributed by atoms with Crippen LogP contribution in [0.1, 0.15) is 215 Å². The molecule has 1 aromatic rings. The molecule has 1 aromatic heterocycles. The summed E-state index contributed by atoms with van der Waals surface area (Å²) in [5.74, 6) is -4.09. The molecule has 0 aromatic carbocycles. The molecule has 5 heterocycles. The first-order valence-electron chi connectivity index (χ1n) is 33.3. The Labute approximate surface area is 531 Å². The fourth-order valence-electron chi connectivity index (χ4n) is 14.8. The Hall–Kier alpha value is -5.40. The van der Waals surface area contributed by atoms with Gasteiger partial charge in [0.25, 0.3) is 16.5 Å². The molecule has 4 saturated heterocycles. The number of piperidine rings is 2. The lowest BCUT2D eigenvalue weighted by atomic mass is 9.76. The van der Waals surface area contributed by atoms with E-state index in [1.165, 1.54) is 23.6 Å². The second kappa shape index (κ2) is 33.8. The van der Waals surface area contributed by atoms with Crippen molar-refractivity contribution in [3.05, 3.63) is 49.7 Å². The highest BCUT2D eigenvalue weighted by atomic mass is 32.2. The van der Waals surface area contributed by atoms with E-state index in [4.69, 9.17) is 15.6 Å². The maximum atomic E-state index is 14.6. The van der Waals surface area contributed by atoms with Gasteiger partial charge in [0.15, 0.2) is 28.2 Å². The molecule has 4 aliphatic heterocycles. The van der Waals surface area contributed by atoms with Crippen LogP contribution in [0.4, 0.5) is 0 Å². The zero-order valence-electron chi connectivity index (χ0n) is 54.9. The van der Waals surface area contributed by atoms with E-state index in [2.05, 4.69) is 45.8 Å². The normalized spacial score (nSPS) is 28.2. The molecule has 2 amide bonds. The Morgan fingerprint density at radius 2 is 1.11 bits per heavy atom. The van der Waals surface area contributed by atoms with E-state index < -0.39 is 74.5 Å². The molecule has 0 radical (unpaired) electrons. The van der Waals surface area contributed by atoms with Crippen molar-refractivity contribution in [2.24, 2.45) is 69.3 Å². The van der Waals surface area contributed by atoms with Gasteiger partial charge in [-0.1, -0.05) is 157 Å². The van der Waals surface area contributed by atoms with E-state index in [0.717, 1.165) is 89.9 Å². The van der Waals surface area contributed by atoms with Crippen LogP contribution in [-0.2, 0) is 58.0 Å². The van der Waals surface area contributed by atoms with Gasteiger partial charge in [-0.05, 0) is 96.5 Å².